The standard InChI is InChI=1S/C8H14N2O4/c1-9-7(11)5-14-10-8(12)6-3-2-4-13-6/h6H,2-5H2,1H3,(H,9,11)(H,10,12). The topological polar surface area (TPSA) is 76.7 Å². The lowest BCUT2D eigenvalue weighted by Crippen LogP contribution is -2.37. The zero-order valence-electron chi connectivity index (χ0n) is 8.04. The second-order valence-electron chi connectivity index (χ2n) is 2.93. The number of hydrogen-bond acceptors (Lipinski definition) is 4. The van der Waals surface area contributed by atoms with Crippen LogP contribution in [-0.4, -0.2) is 38.2 Å². The fourth-order valence-electron chi connectivity index (χ4n) is 1.10. The van der Waals surface area contributed by atoms with Gasteiger partial charge in [0.15, 0.2) is 6.61 Å². The van der Waals surface area contributed by atoms with Gasteiger partial charge in [0.2, 0.25) is 5.91 Å². The van der Waals surface area contributed by atoms with Crippen LogP contribution in [0.15, 0.2) is 0 Å². The maximum atomic E-state index is 11.2. The Bertz CT molecular complexity index is 213. The summed E-state index contributed by atoms with van der Waals surface area (Å²) in [5.74, 6) is -0.621. The quantitative estimate of drug-likeness (QED) is 0.571. The third-order valence-electron chi connectivity index (χ3n) is 1.88. The smallest absolute Gasteiger partial charge is 0.272 e. The molecule has 1 saturated heterocycles. The molecule has 1 rings (SSSR count). The van der Waals surface area contributed by atoms with Crippen molar-refractivity contribution in [2.24, 2.45) is 0 Å². The van der Waals surface area contributed by atoms with Crippen molar-refractivity contribution in [3.05, 3.63) is 0 Å². The average molecular weight is 202 g/mol. The summed E-state index contributed by atoms with van der Waals surface area (Å²) in [6.07, 6.45) is 1.16. The molecule has 1 fully saturated rings. The highest BCUT2D eigenvalue weighted by Crippen LogP contribution is 2.11. The van der Waals surface area contributed by atoms with Crippen LogP contribution in [0.2, 0.25) is 0 Å². The predicted molar refractivity (Wildman–Crippen MR) is 47.1 cm³/mol. The summed E-state index contributed by atoms with van der Waals surface area (Å²) in [7, 11) is 1.49. The van der Waals surface area contributed by atoms with Gasteiger partial charge < -0.3 is 10.1 Å². The third kappa shape index (κ3) is 3.31. The Morgan fingerprint density at radius 1 is 1.57 bits per heavy atom. The van der Waals surface area contributed by atoms with Gasteiger partial charge >= 0.3 is 0 Å². The molecule has 0 aromatic carbocycles. The van der Waals surface area contributed by atoms with E-state index in [0.717, 1.165) is 6.42 Å². The summed E-state index contributed by atoms with van der Waals surface area (Å²) in [6.45, 7) is 0.419. The highest BCUT2D eigenvalue weighted by Gasteiger charge is 2.23. The van der Waals surface area contributed by atoms with Gasteiger partial charge in [0, 0.05) is 13.7 Å². The summed E-state index contributed by atoms with van der Waals surface area (Å²) >= 11 is 0. The fraction of sp³-hybridized carbons (Fsp3) is 0.750. The molecule has 1 heterocycles. The number of hydrogen-bond donors (Lipinski definition) is 2. The van der Waals surface area contributed by atoms with Crippen LogP contribution in [0, 0.1) is 0 Å². The molecule has 0 aromatic rings. The van der Waals surface area contributed by atoms with Crippen LogP contribution < -0.4 is 10.8 Å². The van der Waals surface area contributed by atoms with Crippen molar-refractivity contribution in [1.82, 2.24) is 10.8 Å². The van der Waals surface area contributed by atoms with Crippen molar-refractivity contribution < 1.29 is 19.2 Å². The van der Waals surface area contributed by atoms with Crippen LogP contribution >= 0.6 is 0 Å². The molecule has 0 radical (unpaired) electrons. The number of amides is 2. The number of ether oxygens (including phenoxy) is 1. The first-order chi connectivity index (χ1) is 6.74. The summed E-state index contributed by atoms with van der Waals surface area (Å²) in [4.78, 5) is 26.6. The van der Waals surface area contributed by atoms with E-state index in [-0.39, 0.29) is 18.4 Å². The zero-order valence-corrected chi connectivity index (χ0v) is 8.04. The van der Waals surface area contributed by atoms with E-state index in [9.17, 15) is 9.59 Å². The Morgan fingerprint density at radius 2 is 2.36 bits per heavy atom. The van der Waals surface area contributed by atoms with Gasteiger partial charge in [-0.25, -0.2) is 5.48 Å². The molecule has 14 heavy (non-hydrogen) atoms. The van der Waals surface area contributed by atoms with Gasteiger partial charge in [0.25, 0.3) is 5.91 Å². The molecule has 1 unspecified atom stereocenters. The van der Waals surface area contributed by atoms with Crippen molar-refractivity contribution in [3.8, 4) is 0 Å². The van der Waals surface area contributed by atoms with Crippen molar-refractivity contribution in [2.45, 2.75) is 18.9 Å². The van der Waals surface area contributed by atoms with Gasteiger partial charge in [-0.15, -0.1) is 0 Å². The van der Waals surface area contributed by atoms with Gasteiger partial charge in [-0.2, -0.15) is 0 Å². The summed E-state index contributed by atoms with van der Waals surface area (Å²) < 4.78 is 5.11. The van der Waals surface area contributed by atoms with Crippen LogP contribution in [0.5, 0.6) is 0 Å². The first-order valence-corrected chi connectivity index (χ1v) is 4.48. The van der Waals surface area contributed by atoms with E-state index < -0.39 is 6.10 Å². The van der Waals surface area contributed by atoms with E-state index in [2.05, 4.69) is 15.6 Å². The minimum atomic E-state index is -0.431. The lowest BCUT2D eigenvalue weighted by atomic mass is 10.2. The number of hydroxylamine groups is 1. The van der Waals surface area contributed by atoms with Crippen molar-refractivity contribution in [1.29, 1.82) is 0 Å². The van der Waals surface area contributed by atoms with Crippen LogP contribution in [0.3, 0.4) is 0 Å². The number of rotatable bonds is 4. The van der Waals surface area contributed by atoms with Gasteiger partial charge in [-0.1, -0.05) is 0 Å². The molecule has 1 aliphatic rings. The molecule has 1 aliphatic heterocycles. The van der Waals surface area contributed by atoms with Gasteiger partial charge in [0.05, 0.1) is 0 Å². The highest BCUT2D eigenvalue weighted by atomic mass is 16.7. The first-order valence-electron chi connectivity index (χ1n) is 4.48. The van der Waals surface area contributed by atoms with Crippen LogP contribution in [-0.2, 0) is 19.2 Å². The summed E-state index contributed by atoms with van der Waals surface area (Å²) in [5, 5.41) is 2.36. The van der Waals surface area contributed by atoms with E-state index in [1.165, 1.54) is 7.05 Å². The molecule has 0 bridgehead atoms. The maximum Gasteiger partial charge on any atom is 0.272 e. The molecular weight excluding hydrogens is 188 g/mol. The van der Waals surface area contributed by atoms with Gasteiger partial charge in [0.1, 0.15) is 6.10 Å². The molecule has 80 valence electrons. The lowest BCUT2D eigenvalue weighted by Gasteiger charge is -2.09. The Morgan fingerprint density at radius 3 is 2.93 bits per heavy atom. The molecule has 2 N–H and O–H groups in total. The Hall–Kier alpha value is -1.14. The molecule has 2 amide bonds. The molecule has 0 aromatic heterocycles. The van der Waals surface area contributed by atoms with Crippen LogP contribution in [0.4, 0.5) is 0 Å². The fourth-order valence-corrected chi connectivity index (χ4v) is 1.10. The van der Waals surface area contributed by atoms with Crippen LogP contribution in [0.1, 0.15) is 12.8 Å². The Balaban J connectivity index is 2.11. The van der Waals surface area contributed by atoms with Crippen molar-refractivity contribution >= 4 is 11.8 Å². The minimum absolute atomic E-state index is 0.186. The van der Waals surface area contributed by atoms with E-state index >= 15 is 0 Å². The SMILES string of the molecule is CNC(=O)CONC(=O)C1CCCO1. The molecular formula is C8H14N2O4. The van der Waals surface area contributed by atoms with Gasteiger partial charge in [-0.05, 0) is 12.8 Å². The first kappa shape index (κ1) is 10.9. The number of nitrogens with one attached hydrogen (secondary N) is 2. The average Bonchev–Trinajstić information content (AvgIpc) is 2.70. The number of likely N-dealkylation sites (N-methyl/N-ethyl adjacent to an activating group) is 1. The molecule has 0 aliphatic carbocycles. The van der Waals surface area contributed by atoms with Crippen LogP contribution in [0.25, 0.3) is 0 Å². The van der Waals surface area contributed by atoms with Gasteiger partial charge in [-0.3, -0.25) is 14.4 Å². The van der Waals surface area contributed by atoms with E-state index in [4.69, 9.17) is 4.74 Å². The lowest BCUT2D eigenvalue weighted by molar-refractivity contribution is -0.146. The number of carbonyl (C=O) groups excluding carboxylic acids is 2. The summed E-state index contributed by atoms with van der Waals surface area (Å²) in [5.41, 5.74) is 2.17. The minimum Gasteiger partial charge on any atom is -0.368 e. The second kappa shape index (κ2) is 5.56. The third-order valence-corrected chi connectivity index (χ3v) is 1.88. The molecule has 6 nitrogen and oxygen atoms in total. The molecule has 0 saturated carbocycles. The number of carbonyl (C=O) groups is 2. The van der Waals surface area contributed by atoms with Crippen molar-refractivity contribution in [3.63, 3.8) is 0 Å². The monoisotopic (exact) mass is 202 g/mol. The zero-order chi connectivity index (χ0) is 10.4. The van der Waals surface area contributed by atoms with E-state index in [1.54, 1.807) is 0 Å². The molecule has 6 heteroatoms. The maximum absolute atomic E-state index is 11.2. The Kier molecular flexibility index (Phi) is 4.34. The summed E-state index contributed by atoms with van der Waals surface area (Å²) in [6, 6.07) is 0. The Labute approximate surface area is 81.9 Å². The van der Waals surface area contributed by atoms with E-state index in [0.29, 0.717) is 13.0 Å². The largest absolute Gasteiger partial charge is 0.368 e. The van der Waals surface area contributed by atoms with Crippen molar-refractivity contribution in [2.75, 3.05) is 20.3 Å². The molecule has 1 atom stereocenters. The second-order valence-corrected chi connectivity index (χ2v) is 2.93. The van der Waals surface area contributed by atoms with E-state index in [1.807, 2.05) is 0 Å². The molecule has 0 spiro atoms. The normalized spacial score (nSPS) is 20.5. The highest BCUT2D eigenvalue weighted by molar-refractivity contribution is 5.80. The predicted octanol–water partition coefficient (Wildman–Crippen LogP) is -1.04.